The lowest BCUT2D eigenvalue weighted by molar-refractivity contribution is 0.0928. The van der Waals surface area contributed by atoms with Gasteiger partial charge in [-0.05, 0) is 12.8 Å². The smallest absolute Gasteiger partial charge is 0.191 e. The predicted molar refractivity (Wildman–Crippen MR) is 68.6 cm³/mol. The zero-order valence-corrected chi connectivity index (χ0v) is 10.8. The number of hydrogen-bond acceptors (Lipinski definition) is 4. The largest absolute Gasteiger partial charge is 0.493 e. The summed E-state index contributed by atoms with van der Waals surface area (Å²) in [7, 11) is 1.56. The highest BCUT2D eigenvalue weighted by atomic mass is 16.5. The first-order chi connectivity index (χ1) is 8.67. The maximum Gasteiger partial charge on any atom is 0.191 e. The summed E-state index contributed by atoms with van der Waals surface area (Å²) in [5, 5.41) is 4.20. The average Bonchev–Trinajstić information content (AvgIpc) is 2.95. The third kappa shape index (κ3) is 2.31. The molecule has 0 radical (unpaired) electrons. The van der Waals surface area contributed by atoms with Crippen molar-refractivity contribution in [3.8, 4) is 5.75 Å². The quantitative estimate of drug-likeness (QED) is 0.632. The maximum atomic E-state index is 12.5. The number of carbonyl (C=O) groups excluding carboxylic acids is 1. The summed E-state index contributed by atoms with van der Waals surface area (Å²) in [4.78, 5) is 12.5. The molecule has 2 atom stereocenters. The van der Waals surface area contributed by atoms with E-state index in [0.717, 1.165) is 6.42 Å². The van der Waals surface area contributed by atoms with E-state index in [0.29, 0.717) is 24.4 Å². The molecule has 0 amide bonds. The number of ketones is 1. The molecule has 18 heavy (non-hydrogen) atoms. The van der Waals surface area contributed by atoms with Crippen LogP contribution >= 0.6 is 0 Å². The number of methoxy groups -OCH3 is 1. The highest BCUT2D eigenvalue weighted by Crippen LogP contribution is 2.26. The molecule has 1 aliphatic rings. The fourth-order valence-corrected chi connectivity index (χ4v) is 2.24. The average molecular weight is 249 g/mol. The van der Waals surface area contributed by atoms with Gasteiger partial charge in [0.1, 0.15) is 5.69 Å². The third-order valence-corrected chi connectivity index (χ3v) is 3.15. The number of allylic oxidation sites excluding steroid dienone is 1. The van der Waals surface area contributed by atoms with Gasteiger partial charge in [-0.2, -0.15) is 5.10 Å². The van der Waals surface area contributed by atoms with E-state index in [1.807, 2.05) is 19.1 Å². The first kappa shape index (κ1) is 12.8. The lowest BCUT2D eigenvalue weighted by Crippen LogP contribution is -2.21. The van der Waals surface area contributed by atoms with Gasteiger partial charge in [-0.25, -0.2) is 0 Å². The molecule has 0 aromatic carbocycles. The van der Waals surface area contributed by atoms with Crippen LogP contribution in [0.4, 0.5) is 0 Å². The van der Waals surface area contributed by atoms with Crippen LogP contribution in [0.3, 0.4) is 0 Å². The molecule has 1 aromatic rings. The van der Waals surface area contributed by atoms with Crippen molar-refractivity contribution in [2.75, 3.05) is 7.11 Å². The van der Waals surface area contributed by atoms with Crippen molar-refractivity contribution in [3.05, 3.63) is 24.0 Å². The minimum absolute atomic E-state index is 0.0208. The van der Waals surface area contributed by atoms with Crippen LogP contribution in [0.1, 0.15) is 30.3 Å². The summed E-state index contributed by atoms with van der Waals surface area (Å²) in [5.41, 5.74) is 6.35. The molecule has 1 aromatic heterocycles. The Morgan fingerprint density at radius 2 is 2.39 bits per heavy atom. The van der Waals surface area contributed by atoms with Crippen LogP contribution in [0.25, 0.3) is 0 Å². The summed E-state index contributed by atoms with van der Waals surface area (Å²) >= 11 is 0. The second kappa shape index (κ2) is 5.35. The van der Waals surface area contributed by atoms with E-state index >= 15 is 0 Å². The van der Waals surface area contributed by atoms with Gasteiger partial charge in [0.25, 0.3) is 0 Å². The van der Waals surface area contributed by atoms with Crippen LogP contribution in [-0.2, 0) is 6.54 Å². The highest BCUT2D eigenvalue weighted by Gasteiger charge is 2.29. The second-order valence-corrected chi connectivity index (χ2v) is 4.54. The second-order valence-electron chi connectivity index (χ2n) is 4.54. The summed E-state index contributed by atoms with van der Waals surface area (Å²) in [6.07, 6.45) is 6.96. The number of Topliss-reactive ketones (excluding diaryl/α,β-unsaturated/α-hetero) is 1. The molecule has 0 saturated carbocycles. The zero-order chi connectivity index (χ0) is 13.1. The van der Waals surface area contributed by atoms with Crippen molar-refractivity contribution in [2.24, 2.45) is 11.7 Å². The molecule has 2 rings (SSSR count). The molecule has 0 fully saturated rings. The lowest BCUT2D eigenvalue weighted by atomic mass is 10.00. The Labute approximate surface area is 107 Å². The molecular formula is C13H19N3O2. The number of carbonyl (C=O) groups is 1. The molecule has 0 aliphatic heterocycles. The topological polar surface area (TPSA) is 70.1 Å². The summed E-state index contributed by atoms with van der Waals surface area (Å²) in [6.45, 7) is 2.76. The van der Waals surface area contributed by atoms with Crippen molar-refractivity contribution in [2.45, 2.75) is 32.4 Å². The lowest BCUT2D eigenvalue weighted by Gasteiger charge is -2.11. The Bertz CT molecular complexity index is 465. The van der Waals surface area contributed by atoms with E-state index in [1.54, 1.807) is 18.0 Å². The van der Waals surface area contributed by atoms with E-state index < -0.39 is 0 Å². The number of hydrogen-bond donors (Lipinski definition) is 1. The Morgan fingerprint density at radius 3 is 2.94 bits per heavy atom. The highest BCUT2D eigenvalue weighted by molar-refractivity contribution is 6.00. The summed E-state index contributed by atoms with van der Waals surface area (Å²) in [5.74, 6) is 0.436. The SMILES string of the molecule is CCCn1ncc(OC)c1C(=O)C1C=CC(N)C1. The van der Waals surface area contributed by atoms with Crippen LogP contribution < -0.4 is 10.5 Å². The number of ether oxygens (including phenoxy) is 1. The molecule has 0 spiro atoms. The molecule has 2 unspecified atom stereocenters. The van der Waals surface area contributed by atoms with Crippen LogP contribution in [0, 0.1) is 5.92 Å². The van der Waals surface area contributed by atoms with Gasteiger partial charge in [0.15, 0.2) is 11.5 Å². The molecule has 5 nitrogen and oxygen atoms in total. The molecule has 98 valence electrons. The zero-order valence-electron chi connectivity index (χ0n) is 10.8. The Morgan fingerprint density at radius 1 is 1.61 bits per heavy atom. The standard InChI is InChI=1S/C13H19N3O2/c1-3-6-16-12(11(18-2)8-15-16)13(17)9-4-5-10(14)7-9/h4-5,8-10H,3,6-7,14H2,1-2H3. The number of aromatic nitrogens is 2. The minimum Gasteiger partial charge on any atom is -0.493 e. The Hall–Kier alpha value is -1.62. The Kier molecular flexibility index (Phi) is 3.81. The number of rotatable bonds is 5. The Balaban J connectivity index is 2.28. The van der Waals surface area contributed by atoms with Gasteiger partial charge in [-0.3, -0.25) is 9.48 Å². The molecular weight excluding hydrogens is 230 g/mol. The van der Waals surface area contributed by atoms with Gasteiger partial charge in [-0.1, -0.05) is 19.1 Å². The van der Waals surface area contributed by atoms with Gasteiger partial charge < -0.3 is 10.5 Å². The molecule has 2 N–H and O–H groups in total. The fraction of sp³-hybridized carbons (Fsp3) is 0.538. The van der Waals surface area contributed by atoms with E-state index in [9.17, 15) is 4.79 Å². The van der Waals surface area contributed by atoms with Crippen molar-refractivity contribution in [1.29, 1.82) is 0 Å². The van der Waals surface area contributed by atoms with Crippen molar-refractivity contribution < 1.29 is 9.53 Å². The van der Waals surface area contributed by atoms with Gasteiger partial charge in [0.2, 0.25) is 0 Å². The van der Waals surface area contributed by atoms with Crippen molar-refractivity contribution in [3.63, 3.8) is 0 Å². The summed E-state index contributed by atoms with van der Waals surface area (Å²) in [6, 6.07) is -0.0208. The van der Waals surface area contributed by atoms with Gasteiger partial charge in [0.05, 0.1) is 13.3 Å². The van der Waals surface area contributed by atoms with Gasteiger partial charge >= 0.3 is 0 Å². The van der Waals surface area contributed by atoms with E-state index in [4.69, 9.17) is 10.5 Å². The number of aryl methyl sites for hydroxylation is 1. The van der Waals surface area contributed by atoms with Gasteiger partial charge in [-0.15, -0.1) is 0 Å². The van der Waals surface area contributed by atoms with Crippen LogP contribution in [0.5, 0.6) is 5.75 Å². The monoisotopic (exact) mass is 249 g/mol. The van der Waals surface area contributed by atoms with E-state index in [2.05, 4.69) is 5.10 Å². The van der Waals surface area contributed by atoms with Crippen LogP contribution in [-0.4, -0.2) is 28.7 Å². The van der Waals surface area contributed by atoms with Crippen molar-refractivity contribution >= 4 is 5.78 Å². The molecule has 0 bridgehead atoms. The number of nitrogens with two attached hydrogens (primary N) is 1. The molecule has 5 heteroatoms. The molecule has 1 aliphatic carbocycles. The van der Waals surface area contributed by atoms with E-state index in [1.165, 1.54) is 0 Å². The minimum atomic E-state index is -0.152. The van der Waals surface area contributed by atoms with Gasteiger partial charge in [0, 0.05) is 18.5 Å². The van der Waals surface area contributed by atoms with Crippen LogP contribution in [0.15, 0.2) is 18.3 Å². The van der Waals surface area contributed by atoms with E-state index in [-0.39, 0.29) is 17.7 Å². The normalized spacial score (nSPS) is 22.4. The summed E-state index contributed by atoms with van der Waals surface area (Å²) < 4.78 is 6.94. The first-order valence-electron chi connectivity index (χ1n) is 6.25. The van der Waals surface area contributed by atoms with Crippen LogP contribution in [0.2, 0.25) is 0 Å². The predicted octanol–water partition coefficient (Wildman–Crippen LogP) is 1.39. The molecule has 1 heterocycles. The third-order valence-electron chi connectivity index (χ3n) is 3.15. The first-order valence-corrected chi connectivity index (χ1v) is 6.25. The van der Waals surface area contributed by atoms with Crippen molar-refractivity contribution in [1.82, 2.24) is 9.78 Å². The maximum absolute atomic E-state index is 12.5. The molecule has 0 saturated heterocycles. The fourth-order valence-electron chi connectivity index (χ4n) is 2.24. The number of nitrogens with zero attached hydrogens (tertiary/aromatic N) is 2.